The molecule has 6 aromatic rings. The summed E-state index contributed by atoms with van der Waals surface area (Å²) >= 11 is 0. The smallest absolute Gasteiger partial charge is 0.227 e. The van der Waals surface area contributed by atoms with E-state index in [4.69, 9.17) is 13.8 Å². The molecular formula is C29H24N2O2. The van der Waals surface area contributed by atoms with Crippen LogP contribution in [0.3, 0.4) is 0 Å². The van der Waals surface area contributed by atoms with Gasteiger partial charge >= 0.3 is 0 Å². The van der Waals surface area contributed by atoms with Crippen LogP contribution in [0.4, 0.5) is 0 Å². The third kappa shape index (κ3) is 3.30. The summed E-state index contributed by atoms with van der Waals surface area (Å²) < 4.78 is 12.4. The van der Waals surface area contributed by atoms with E-state index in [0.717, 1.165) is 55.6 Å². The fourth-order valence-corrected chi connectivity index (χ4v) is 4.33. The molecule has 4 heterocycles. The number of para-hydroxylation sites is 1. The molecule has 0 bridgehead atoms. The molecule has 4 aromatic heterocycles. The molecule has 4 heteroatoms. The largest absolute Gasteiger partial charge is 0.456 e. The van der Waals surface area contributed by atoms with Crippen LogP contribution in [0.25, 0.3) is 55.6 Å². The zero-order valence-electron chi connectivity index (χ0n) is 19.1. The van der Waals surface area contributed by atoms with Crippen LogP contribution in [-0.4, -0.2) is 9.97 Å². The van der Waals surface area contributed by atoms with Gasteiger partial charge in [-0.05, 0) is 42.2 Å². The molecule has 0 saturated heterocycles. The van der Waals surface area contributed by atoms with Gasteiger partial charge in [-0.3, -0.25) is 4.98 Å². The predicted molar refractivity (Wildman–Crippen MR) is 133 cm³/mol. The van der Waals surface area contributed by atoms with Gasteiger partial charge in [-0.25, -0.2) is 4.98 Å². The molecule has 0 atom stereocenters. The standard InChI is InChI=1S/C29H24N2O2/c1-17-8-13-22-21-6-5-7-23(27(21)33-28(22)31-17)24-15-26-19(16-30-24)14-25(32-26)18-9-11-20(12-10-18)29(2,3)4/h5-16H,1-4H3. The van der Waals surface area contributed by atoms with Gasteiger partial charge in [0.15, 0.2) is 0 Å². The predicted octanol–water partition coefficient (Wildman–Crippen LogP) is 8.06. The van der Waals surface area contributed by atoms with Gasteiger partial charge in [0.2, 0.25) is 5.71 Å². The quantitative estimate of drug-likeness (QED) is 0.278. The average Bonchev–Trinajstić information content (AvgIpc) is 3.38. The molecule has 0 aliphatic carbocycles. The number of benzene rings is 2. The minimum atomic E-state index is 0.122. The van der Waals surface area contributed by atoms with Gasteiger partial charge in [-0.2, -0.15) is 0 Å². The van der Waals surface area contributed by atoms with E-state index in [2.05, 4.69) is 62.2 Å². The first-order valence-electron chi connectivity index (χ1n) is 11.2. The monoisotopic (exact) mass is 432 g/mol. The van der Waals surface area contributed by atoms with Crippen LogP contribution in [-0.2, 0) is 5.41 Å². The van der Waals surface area contributed by atoms with Crippen LogP contribution in [0.15, 0.2) is 81.8 Å². The number of hydrogen-bond acceptors (Lipinski definition) is 4. The molecule has 0 aliphatic rings. The third-order valence-corrected chi connectivity index (χ3v) is 6.22. The number of aryl methyl sites for hydroxylation is 1. The minimum Gasteiger partial charge on any atom is -0.456 e. The third-order valence-electron chi connectivity index (χ3n) is 6.22. The first-order valence-corrected chi connectivity index (χ1v) is 11.2. The van der Waals surface area contributed by atoms with Crippen LogP contribution < -0.4 is 0 Å². The van der Waals surface area contributed by atoms with Crippen molar-refractivity contribution in [2.75, 3.05) is 0 Å². The molecule has 162 valence electrons. The highest BCUT2D eigenvalue weighted by Crippen LogP contribution is 2.36. The molecule has 0 saturated carbocycles. The van der Waals surface area contributed by atoms with Gasteiger partial charge in [-0.1, -0.05) is 57.2 Å². The maximum atomic E-state index is 6.25. The first-order chi connectivity index (χ1) is 15.9. The van der Waals surface area contributed by atoms with Crippen molar-refractivity contribution in [2.24, 2.45) is 0 Å². The summed E-state index contributed by atoms with van der Waals surface area (Å²) in [5.41, 5.74) is 7.40. The topological polar surface area (TPSA) is 52.1 Å². The molecule has 2 aromatic carbocycles. The second kappa shape index (κ2) is 7.04. The van der Waals surface area contributed by atoms with E-state index in [9.17, 15) is 0 Å². The van der Waals surface area contributed by atoms with Crippen molar-refractivity contribution < 1.29 is 8.83 Å². The Morgan fingerprint density at radius 1 is 0.818 bits per heavy atom. The molecule has 0 radical (unpaired) electrons. The SMILES string of the molecule is Cc1ccc2c(n1)oc1c(-c3cc4oc(-c5ccc(C(C)(C)C)cc5)cc4cn3)cccc12. The Balaban J connectivity index is 1.44. The second-order valence-electron chi connectivity index (χ2n) is 9.64. The minimum absolute atomic E-state index is 0.122. The summed E-state index contributed by atoms with van der Waals surface area (Å²) in [6.45, 7) is 8.62. The van der Waals surface area contributed by atoms with E-state index in [1.54, 1.807) is 0 Å². The summed E-state index contributed by atoms with van der Waals surface area (Å²) in [4.78, 5) is 9.28. The van der Waals surface area contributed by atoms with Gasteiger partial charge < -0.3 is 8.83 Å². The Bertz CT molecular complexity index is 1650. The van der Waals surface area contributed by atoms with E-state index in [-0.39, 0.29) is 5.41 Å². The van der Waals surface area contributed by atoms with Crippen molar-refractivity contribution in [1.82, 2.24) is 9.97 Å². The Hall–Kier alpha value is -3.92. The molecule has 0 spiro atoms. The molecule has 4 nitrogen and oxygen atoms in total. The van der Waals surface area contributed by atoms with Crippen LogP contribution >= 0.6 is 0 Å². The first kappa shape index (κ1) is 19.7. The number of aromatic nitrogens is 2. The highest BCUT2D eigenvalue weighted by atomic mass is 16.3. The summed E-state index contributed by atoms with van der Waals surface area (Å²) in [5, 5.41) is 3.02. The zero-order chi connectivity index (χ0) is 22.7. The summed E-state index contributed by atoms with van der Waals surface area (Å²) in [6, 6.07) is 22.8. The van der Waals surface area contributed by atoms with Crippen molar-refractivity contribution >= 4 is 33.0 Å². The molecule has 0 aliphatic heterocycles. The fraction of sp³-hybridized carbons (Fsp3) is 0.172. The normalized spacial score (nSPS) is 12.2. The number of fused-ring (bicyclic) bond motifs is 4. The van der Waals surface area contributed by atoms with E-state index >= 15 is 0 Å². The molecular weight excluding hydrogens is 408 g/mol. The molecule has 0 fully saturated rings. The highest BCUT2D eigenvalue weighted by molar-refractivity contribution is 6.08. The van der Waals surface area contributed by atoms with E-state index in [1.807, 2.05) is 43.5 Å². The number of pyridine rings is 2. The Labute approximate surface area is 191 Å². The van der Waals surface area contributed by atoms with Crippen LogP contribution in [0.2, 0.25) is 0 Å². The average molecular weight is 433 g/mol. The van der Waals surface area contributed by atoms with E-state index in [0.29, 0.717) is 5.71 Å². The lowest BCUT2D eigenvalue weighted by Crippen LogP contribution is -2.10. The molecule has 0 amide bonds. The van der Waals surface area contributed by atoms with Gasteiger partial charge in [0.05, 0.1) is 5.69 Å². The van der Waals surface area contributed by atoms with Crippen molar-refractivity contribution in [3.05, 3.63) is 84.2 Å². The molecule has 6 rings (SSSR count). The van der Waals surface area contributed by atoms with Crippen molar-refractivity contribution in [1.29, 1.82) is 0 Å². The van der Waals surface area contributed by atoms with Crippen molar-refractivity contribution in [2.45, 2.75) is 33.1 Å². The number of rotatable bonds is 2. The summed E-state index contributed by atoms with van der Waals surface area (Å²) in [6.07, 6.45) is 1.87. The van der Waals surface area contributed by atoms with Crippen molar-refractivity contribution in [3.63, 3.8) is 0 Å². The maximum Gasteiger partial charge on any atom is 0.227 e. The summed E-state index contributed by atoms with van der Waals surface area (Å²) in [7, 11) is 0. The second-order valence-corrected chi connectivity index (χ2v) is 9.64. The van der Waals surface area contributed by atoms with Crippen molar-refractivity contribution in [3.8, 4) is 22.6 Å². The lowest BCUT2D eigenvalue weighted by molar-refractivity contribution is 0.590. The fourth-order valence-electron chi connectivity index (χ4n) is 4.33. The number of hydrogen-bond donors (Lipinski definition) is 0. The molecule has 33 heavy (non-hydrogen) atoms. The highest BCUT2D eigenvalue weighted by Gasteiger charge is 2.16. The van der Waals surface area contributed by atoms with E-state index < -0.39 is 0 Å². The van der Waals surface area contributed by atoms with E-state index in [1.165, 1.54) is 5.56 Å². The number of nitrogens with zero attached hydrogens (tertiary/aromatic N) is 2. The van der Waals surface area contributed by atoms with Gasteiger partial charge in [-0.15, -0.1) is 0 Å². The lowest BCUT2D eigenvalue weighted by atomic mass is 9.86. The van der Waals surface area contributed by atoms with Gasteiger partial charge in [0, 0.05) is 45.2 Å². The van der Waals surface area contributed by atoms with Crippen LogP contribution in [0.1, 0.15) is 32.0 Å². The summed E-state index contributed by atoms with van der Waals surface area (Å²) in [5.74, 6) is 0.839. The maximum absolute atomic E-state index is 6.25. The van der Waals surface area contributed by atoms with Gasteiger partial charge in [0.1, 0.15) is 16.9 Å². The zero-order valence-corrected chi connectivity index (χ0v) is 19.1. The lowest BCUT2D eigenvalue weighted by Gasteiger charge is -2.18. The molecule has 0 N–H and O–H groups in total. The Morgan fingerprint density at radius 3 is 2.42 bits per heavy atom. The molecule has 0 unspecified atom stereocenters. The van der Waals surface area contributed by atoms with Gasteiger partial charge in [0.25, 0.3) is 0 Å². The number of furan rings is 2. The van der Waals surface area contributed by atoms with Crippen LogP contribution in [0, 0.1) is 6.92 Å². The Kier molecular flexibility index (Phi) is 4.21. The van der Waals surface area contributed by atoms with Crippen LogP contribution in [0.5, 0.6) is 0 Å². The Morgan fingerprint density at radius 2 is 1.64 bits per heavy atom.